The number of aromatic nitrogens is 1. The number of nitrogens with zero attached hydrogens (tertiary/aromatic N) is 3. The number of nitrogens with one attached hydrogen (secondary N) is 1. The topological polar surface area (TPSA) is 74.8 Å². The summed E-state index contributed by atoms with van der Waals surface area (Å²) in [6, 6.07) is 11.4. The standard InChI is InChI=1S/C20H24N4O3S/c1-23(20(26)15-28-18-6-8-21-9-7-18)14-19(25)22-16-2-4-17(5-3-16)24-10-12-27-13-11-24/h2-9H,10-15H2,1H3,(H,22,25). The molecule has 0 aliphatic carbocycles. The molecule has 2 amide bonds. The number of hydrogen-bond acceptors (Lipinski definition) is 6. The van der Waals surface area contributed by atoms with Crippen LogP contribution < -0.4 is 10.2 Å². The molecular weight excluding hydrogens is 376 g/mol. The van der Waals surface area contributed by atoms with Crippen molar-refractivity contribution in [2.45, 2.75) is 4.90 Å². The zero-order valence-corrected chi connectivity index (χ0v) is 16.7. The number of carbonyl (C=O) groups is 2. The summed E-state index contributed by atoms with van der Waals surface area (Å²) in [4.78, 5) is 33.1. The van der Waals surface area contributed by atoms with Crippen molar-refractivity contribution in [2.24, 2.45) is 0 Å². The predicted octanol–water partition coefficient (Wildman–Crippen LogP) is 2.11. The summed E-state index contributed by atoms with van der Waals surface area (Å²) in [5.41, 5.74) is 1.83. The van der Waals surface area contributed by atoms with Gasteiger partial charge in [0.25, 0.3) is 0 Å². The molecule has 0 atom stereocenters. The average Bonchev–Trinajstić information content (AvgIpc) is 2.74. The lowest BCUT2D eigenvalue weighted by atomic mass is 10.2. The molecule has 1 saturated heterocycles. The maximum atomic E-state index is 12.2. The molecule has 1 aromatic heterocycles. The minimum absolute atomic E-state index is 0.0148. The van der Waals surface area contributed by atoms with Crippen LogP contribution in [0, 0.1) is 0 Å². The Morgan fingerprint density at radius 3 is 2.50 bits per heavy atom. The van der Waals surface area contributed by atoms with Gasteiger partial charge in [-0.3, -0.25) is 14.6 Å². The summed E-state index contributed by atoms with van der Waals surface area (Å²) < 4.78 is 5.36. The van der Waals surface area contributed by atoms with Crippen molar-refractivity contribution >= 4 is 35.0 Å². The van der Waals surface area contributed by atoms with Gasteiger partial charge in [-0.15, -0.1) is 11.8 Å². The Morgan fingerprint density at radius 1 is 1.14 bits per heavy atom. The fourth-order valence-electron chi connectivity index (χ4n) is 2.77. The number of anilines is 2. The van der Waals surface area contributed by atoms with Crippen LogP contribution in [0.2, 0.25) is 0 Å². The van der Waals surface area contributed by atoms with E-state index in [2.05, 4.69) is 15.2 Å². The number of benzene rings is 1. The third-order valence-corrected chi connectivity index (χ3v) is 5.34. The zero-order chi connectivity index (χ0) is 19.8. The molecule has 0 bridgehead atoms. The Bertz CT molecular complexity index is 780. The van der Waals surface area contributed by atoms with Crippen LogP contribution in [0.4, 0.5) is 11.4 Å². The molecule has 2 aromatic rings. The molecule has 0 spiro atoms. The van der Waals surface area contributed by atoms with Crippen LogP contribution in [0.5, 0.6) is 0 Å². The van der Waals surface area contributed by atoms with Gasteiger partial charge in [-0.2, -0.15) is 0 Å². The fourth-order valence-corrected chi connectivity index (χ4v) is 3.60. The Labute approximate surface area is 169 Å². The van der Waals surface area contributed by atoms with E-state index in [0.29, 0.717) is 5.69 Å². The number of thioether (sulfide) groups is 1. The van der Waals surface area contributed by atoms with Gasteiger partial charge in [-0.25, -0.2) is 0 Å². The second kappa shape index (κ2) is 10.1. The fraction of sp³-hybridized carbons (Fsp3) is 0.350. The monoisotopic (exact) mass is 400 g/mol. The zero-order valence-electron chi connectivity index (χ0n) is 15.8. The van der Waals surface area contributed by atoms with Gasteiger partial charge in [0.2, 0.25) is 11.8 Å². The first kappa shape index (κ1) is 20.2. The lowest BCUT2D eigenvalue weighted by molar-refractivity contribution is -0.131. The van der Waals surface area contributed by atoms with E-state index in [9.17, 15) is 9.59 Å². The van der Waals surface area contributed by atoms with E-state index in [4.69, 9.17) is 4.74 Å². The average molecular weight is 401 g/mol. The molecule has 2 heterocycles. The number of hydrogen-bond donors (Lipinski definition) is 1. The lowest BCUT2D eigenvalue weighted by Gasteiger charge is -2.28. The summed E-state index contributed by atoms with van der Waals surface area (Å²) in [5, 5.41) is 2.84. The predicted molar refractivity (Wildman–Crippen MR) is 111 cm³/mol. The number of likely N-dealkylation sites (N-methyl/N-ethyl adjacent to an activating group) is 1. The van der Waals surface area contributed by atoms with Crippen molar-refractivity contribution in [3.8, 4) is 0 Å². The van der Waals surface area contributed by atoms with E-state index >= 15 is 0 Å². The van der Waals surface area contributed by atoms with E-state index in [0.717, 1.165) is 36.9 Å². The van der Waals surface area contributed by atoms with Gasteiger partial charge in [0.1, 0.15) is 0 Å². The molecule has 1 aliphatic heterocycles. The molecule has 1 aromatic carbocycles. The number of pyridine rings is 1. The van der Waals surface area contributed by atoms with Crippen LogP contribution in [0.1, 0.15) is 0 Å². The smallest absolute Gasteiger partial charge is 0.243 e. The molecule has 0 radical (unpaired) electrons. The normalized spacial score (nSPS) is 13.8. The number of morpholine rings is 1. The Kier molecular flexibility index (Phi) is 7.27. The minimum atomic E-state index is -0.219. The number of amides is 2. The molecule has 8 heteroatoms. The van der Waals surface area contributed by atoms with E-state index in [-0.39, 0.29) is 24.1 Å². The molecule has 148 valence electrons. The summed E-state index contributed by atoms with van der Waals surface area (Å²) in [6.45, 7) is 3.23. The van der Waals surface area contributed by atoms with E-state index in [1.54, 1.807) is 19.4 Å². The van der Waals surface area contributed by atoms with Crippen LogP contribution in [0.3, 0.4) is 0 Å². The Hall–Kier alpha value is -2.58. The summed E-state index contributed by atoms with van der Waals surface area (Å²) in [6.07, 6.45) is 3.38. The maximum Gasteiger partial charge on any atom is 0.243 e. The van der Waals surface area contributed by atoms with Gasteiger partial charge in [0.05, 0.1) is 25.5 Å². The Balaban J connectivity index is 1.44. The second-order valence-corrected chi connectivity index (χ2v) is 7.46. The number of rotatable bonds is 7. The van der Waals surface area contributed by atoms with Crippen molar-refractivity contribution in [1.29, 1.82) is 0 Å². The molecule has 28 heavy (non-hydrogen) atoms. The summed E-state index contributed by atoms with van der Waals surface area (Å²) >= 11 is 1.43. The van der Waals surface area contributed by atoms with E-state index in [1.165, 1.54) is 16.7 Å². The van der Waals surface area contributed by atoms with Crippen molar-refractivity contribution in [3.63, 3.8) is 0 Å². The highest BCUT2D eigenvalue weighted by atomic mass is 32.2. The van der Waals surface area contributed by atoms with Gasteiger partial charge in [0.15, 0.2) is 0 Å². The van der Waals surface area contributed by atoms with Crippen LogP contribution in [0.25, 0.3) is 0 Å². The van der Waals surface area contributed by atoms with Crippen LogP contribution >= 0.6 is 11.8 Å². The van der Waals surface area contributed by atoms with Crippen molar-refractivity contribution < 1.29 is 14.3 Å². The van der Waals surface area contributed by atoms with E-state index in [1.807, 2.05) is 36.4 Å². The highest BCUT2D eigenvalue weighted by Gasteiger charge is 2.14. The first-order valence-corrected chi connectivity index (χ1v) is 10.1. The minimum Gasteiger partial charge on any atom is -0.378 e. The Morgan fingerprint density at radius 2 is 1.82 bits per heavy atom. The first-order chi connectivity index (χ1) is 13.6. The van der Waals surface area contributed by atoms with E-state index < -0.39 is 0 Å². The van der Waals surface area contributed by atoms with Gasteiger partial charge in [0, 0.05) is 48.8 Å². The SMILES string of the molecule is CN(CC(=O)Nc1ccc(N2CCOCC2)cc1)C(=O)CSc1ccncc1. The lowest BCUT2D eigenvalue weighted by Crippen LogP contribution is -2.36. The van der Waals surface area contributed by atoms with Gasteiger partial charge >= 0.3 is 0 Å². The number of carbonyl (C=O) groups excluding carboxylic acids is 2. The highest BCUT2D eigenvalue weighted by Crippen LogP contribution is 2.19. The van der Waals surface area contributed by atoms with Crippen LogP contribution in [-0.2, 0) is 14.3 Å². The maximum absolute atomic E-state index is 12.2. The molecule has 1 aliphatic rings. The first-order valence-electron chi connectivity index (χ1n) is 9.11. The molecule has 0 saturated carbocycles. The summed E-state index contributed by atoms with van der Waals surface area (Å²) in [7, 11) is 1.64. The van der Waals surface area contributed by atoms with Crippen molar-refractivity contribution in [1.82, 2.24) is 9.88 Å². The van der Waals surface area contributed by atoms with Gasteiger partial charge in [-0.1, -0.05) is 0 Å². The molecule has 7 nitrogen and oxygen atoms in total. The highest BCUT2D eigenvalue weighted by molar-refractivity contribution is 8.00. The van der Waals surface area contributed by atoms with Gasteiger partial charge in [-0.05, 0) is 36.4 Å². The largest absolute Gasteiger partial charge is 0.378 e. The molecule has 3 rings (SSSR count). The number of ether oxygens (including phenoxy) is 1. The van der Waals surface area contributed by atoms with Crippen LogP contribution in [-0.4, -0.2) is 67.3 Å². The third-order valence-electron chi connectivity index (χ3n) is 4.35. The molecule has 1 N–H and O–H groups in total. The quantitative estimate of drug-likeness (QED) is 0.718. The van der Waals surface area contributed by atoms with Crippen molar-refractivity contribution in [3.05, 3.63) is 48.8 Å². The molecule has 0 unspecified atom stereocenters. The second-order valence-electron chi connectivity index (χ2n) is 6.42. The molecule has 1 fully saturated rings. The van der Waals surface area contributed by atoms with Crippen molar-refractivity contribution in [2.75, 3.05) is 55.9 Å². The van der Waals surface area contributed by atoms with Gasteiger partial charge < -0.3 is 19.9 Å². The van der Waals surface area contributed by atoms with Crippen LogP contribution in [0.15, 0.2) is 53.7 Å². The third kappa shape index (κ3) is 5.97. The molecular formula is C20H24N4O3S. The summed E-state index contributed by atoms with van der Waals surface area (Å²) in [5.74, 6) is -0.0364.